The number of rotatable bonds is 4. The van der Waals surface area contributed by atoms with E-state index in [1.807, 2.05) is 18.2 Å². The minimum atomic E-state index is -0.201. The van der Waals surface area contributed by atoms with Gasteiger partial charge in [0.05, 0.1) is 12.1 Å². The highest BCUT2D eigenvalue weighted by molar-refractivity contribution is 6.31. The number of amides is 2. The van der Waals surface area contributed by atoms with E-state index in [2.05, 4.69) is 15.3 Å². The van der Waals surface area contributed by atoms with Crippen LogP contribution in [0.15, 0.2) is 42.9 Å². The Morgan fingerprint density at radius 3 is 2.74 bits per heavy atom. The lowest BCUT2D eigenvalue weighted by molar-refractivity contribution is -0.129. The number of carbonyl (C=O) groups excluding carboxylic acids is 2. The van der Waals surface area contributed by atoms with Crippen LogP contribution in [0.5, 0.6) is 0 Å². The van der Waals surface area contributed by atoms with Crippen LogP contribution in [-0.4, -0.2) is 39.8 Å². The minimum Gasteiger partial charge on any atom is -0.352 e. The summed E-state index contributed by atoms with van der Waals surface area (Å²) in [7, 11) is 0. The van der Waals surface area contributed by atoms with Crippen LogP contribution in [-0.2, 0) is 11.3 Å². The van der Waals surface area contributed by atoms with Crippen LogP contribution >= 0.6 is 11.6 Å². The first kappa shape index (κ1) is 15.4. The molecule has 0 radical (unpaired) electrons. The molecule has 1 aromatic carbocycles. The molecule has 0 atom stereocenters. The molecule has 3 rings (SSSR count). The molecule has 0 bridgehead atoms. The van der Waals surface area contributed by atoms with Crippen LogP contribution in [0.3, 0.4) is 0 Å². The maximum Gasteiger partial charge on any atom is 0.274 e. The van der Waals surface area contributed by atoms with Gasteiger partial charge in [-0.2, -0.15) is 0 Å². The summed E-state index contributed by atoms with van der Waals surface area (Å²) in [4.78, 5) is 33.6. The fourth-order valence-corrected chi connectivity index (χ4v) is 2.55. The second-order valence-electron chi connectivity index (χ2n) is 5.31. The smallest absolute Gasteiger partial charge is 0.274 e. The monoisotopic (exact) mass is 330 g/mol. The topological polar surface area (TPSA) is 75.2 Å². The third kappa shape index (κ3) is 3.48. The van der Waals surface area contributed by atoms with E-state index in [-0.39, 0.29) is 17.7 Å². The Kier molecular flexibility index (Phi) is 4.52. The van der Waals surface area contributed by atoms with Gasteiger partial charge in [-0.25, -0.2) is 4.98 Å². The molecule has 0 spiro atoms. The first-order valence-corrected chi connectivity index (χ1v) is 7.59. The number of aromatic nitrogens is 2. The maximum atomic E-state index is 12.1. The molecule has 118 valence electrons. The Bertz CT molecular complexity index is 717. The Labute approximate surface area is 138 Å². The summed E-state index contributed by atoms with van der Waals surface area (Å²) >= 11 is 6.05. The maximum absolute atomic E-state index is 12.1. The van der Waals surface area contributed by atoms with Crippen molar-refractivity contribution in [2.45, 2.75) is 6.54 Å². The molecule has 1 aliphatic rings. The van der Waals surface area contributed by atoms with Crippen molar-refractivity contribution in [1.82, 2.24) is 20.2 Å². The van der Waals surface area contributed by atoms with Gasteiger partial charge in [0.25, 0.3) is 5.91 Å². The molecule has 23 heavy (non-hydrogen) atoms. The zero-order valence-electron chi connectivity index (χ0n) is 12.3. The van der Waals surface area contributed by atoms with Gasteiger partial charge in [-0.1, -0.05) is 29.8 Å². The molecule has 1 aromatic heterocycles. The van der Waals surface area contributed by atoms with Crippen LogP contribution in [0.25, 0.3) is 0 Å². The van der Waals surface area contributed by atoms with E-state index in [4.69, 9.17) is 11.6 Å². The summed E-state index contributed by atoms with van der Waals surface area (Å²) in [5, 5.41) is 3.48. The van der Waals surface area contributed by atoms with E-state index in [0.29, 0.717) is 30.4 Å². The van der Waals surface area contributed by atoms with Gasteiger partial charge in [-0.05, 0) is 11.6 Å². The van der Waals surface area contributed by atoms with E-state index in [1.54, 1.807) is 11.0 Å². The van der Waals surface area contributed by atoms with Crippen molar-refractivity contribution in [2.75, 3.05) is 13.1 Å². The summed E-state index contributed by atoms with van der Waals surface area (Å²) in [5.41, 5.74) is 1.16. The van der Waals surface area contributed by atoms with Crippen molar-refractivity contribution >= 4 is 23.4 Å². The normalized spacial score (nSPS) is 14.2. The average Bonchev–Trinajstić information content (AvgIpc) is 2.53. The predicted molar refractivity (Wildman–Crippen MR) is 84.7 cm³/mol. The number of halogens is 1. The quantitative estimate of drug-likeness (QED) is 0.922. The Hall–Kier alpha value is -2.47. The Morgan fingerprint density at radius 2 is 2.04 bits per heavy atom. The number of nitrogens with one attached hydrogen (secondary N) is 1. The van der Waals surface area contributed by atoms with Crippen LogP contribution in [0, 0.1) is 5.92 Å². The first-order chi connectivity index (χ1) is 11.1. The van der Waals surface area contributed by atoms with E-state index >= 15 is 0 Å². The van der Waals surface area contributed by atoms with Gasteiger partial charge in [-0.3, -0.25) is 14.6 Å². The summed E-state index contributed by atoms with van der Waals surface area (Å²) in [5.74, 6) is -0.473. The third-order valence-corrected chi connectivity index (χ3v) is 4.10. The van der Waals surface area contributed by atoms with E-state index in [9.17, 15) is 9.59 Å². The van der Waals surface area contributed by atoms with Crippen molar-refractivity contribution in [1.29, 1.82) is 0 Å². The summed E-state index contributed by atoms with van der Waals surface area (Å²) in [6.45, 7) is 1.17. The first-order valence-electron chi connectivity index (χ1n) is 7.21. The van der Waals surface area contributed by atoms with E-state index < -0.39 is 0 Å². The molecular formula is C16H15ClN4O2. The molecule has 1 saturated heterocycles. The molecule has 0 unspecified atom stereocenters. The second kappa shape index (κ2) is 6.75. The largest absolute Gasteiger partial charge is 0.352 e. The molecule has 0 saturated carbocycles. The predicted octanol–water partition coefficient (Wildman–Crippen LogP) is 1.52. The highest BCUT2D eigenvalue weighted by Crippen LogP contribution is 2.19. The molecule has 7 heteroatoms. The molecular weight excluding hydrogens is 316 g/mol. The Morgan fingerprint density at radius 1 is 1.26 bits per heavy atom. The van der Waals surface area contributed by atoms with Gasteiger partial charge in [0.15, 0.2) is 0 Å². The standard InChI is InChI=1S/C16H15ClN4O2/c17-13-4-2-1-3-11(13)7-20-15(22)12-9-21(10-12)16(23)14-8-18-5-6-19-14/h1-6,8,12H,7,9-10H2,(H,20,22). The van der Waals surface area contributed by atoms with E-state index in [1.165, 1.54) is 18.6 Å². The number of benzene rings is 1. The van der Waals surface area contributed by atoms with Gasteiger partial charge in [-0.15, -0.1) is 0 Å². The van der Waals surface area contributed by atoms with Crippen molar-refractivity contribution < 1.29 is 9.59 Å². The molecule has 1 N–H and O–H groups in total. The fourth-order valence-electron chi connectivity index (χ4n) is 2.35. The van der Waals surface area contributed by atoms with Crippen LogP contribution in [0.4, 0.5) is 0 Å². The third-order valence-electron chi connectivity index (χ3n) is 3.73. The minimum absolute atomic E-state index is 0.0758. The lowest BCUT2D eigenvalue weighted by Crippen LogP contribution is -2.55. The summed E-state index contributed by atoms with van der Waals surface area (Å²) < 4.78 is 0. The lowest BCUT2D eigenvalue weighted by atomic mass is 9.98. The molecule has 1 fully saturated rings. The zero-order chi connectivity index (χ0) is 16.2. The molecule has 2 heterocycles. The molecule has 2 amide bonds. The molecule has 2 aromatic rings. The number of carbonyl (C=O) groups is 2. The second-order valence-corrected chi connectivity index (χ2v) is 5.71. The van der Waals surface area contributed by atoms with Crippen LogP contribution in [0.2, 0.25) is 5.02 Å². The van der Waals surface area contributed by atoms with E-state index in [0.717, 1.165) is 5.56 Å². The van der Waals surface area contributed by atoms with Crippen molar-refractivity contribution in [3.05, 3.63) is 59.1 Å². The number of nitrogens with zero attached hydrogens (tertiary/aromatic N) is 3. The number of likely N-dealkylation sites (tertiary alicyclic amines) is 1. The van der Waals surface area contributed by atoms with Gasteiger partial charge in [0.2, 0.25) is 5.91 Å². The summed E-state index contributed by atoms with van der Waals surface area (Å²) in [6.07, 6.45) is 4.41. The SMILES string of the molecule is O=C(NCc1ccccc1Cl)C1CN(C(=O)c2cnccn2)C1. The van der Waals surface area contributed by atoms with Crippen molar-refractivity contribution in [3.8, 4) is 0 Å². The van der Waals surface area contributed by atoms with Gasteiger partial charge in [0, 0.05) is 37.1 Å². The molecule has 6 nitrogen and oxygen atoms in total. The van der Waals surface area contributed by atoms with Crippen molar-refractivity contribution in [3.63, 3.8) is 0 Å². The Balaban J connectivity index is 1.48. The number of hydrogen-bond acceptors (Lipinski definition) is 4. The highest BCUT2D eigenvalue weighted by Gasteiger charge is 2.36. The van der Waals surface area contributed by atoms with Gasteiger partial charge in [0.1, 0.15) is 5.69 Å². The fraction of sp³-hybridized carbons (Fsp3) is 0.250. The molecule has 1 aliphatic heterocycles. The van der Waals surface area contributed by atoms with Crippen LogP contribution < -0.4 is 5.32 Å². The van der Waals surface area contributed by atoms with Gasteiger partial charge < -0.3 is 10.2 Å². The molecule has 0 aliphatic carbocycles. The summed E-state index contributed by atoms with van der Waals surface area (Å²) in [6, 6.07) is 7.37. The number of hydrogen-bond donors (Lipinski definition) is 1. The average molecular weight is 331 g/mol. The lowest BCUT2D eigenvalue weighted by Gasteiger charge is -2.37. The van der Waals surface area contributed by atoms with Gasteiger partial charge >= 0.3 is 0 Å². The van der Waals surface area contributed by atoms with Crippen molar-refractivity contribution in [2.24, 2.45) is 5.92 Å². The zero-order valence-corrected chi connectivity index (χ0v) is 13.0. The highest BCUT2D eigenvalue weighted by atomic mass is 35.5. The van der Waals surface area contributed by atoms with Crippen LogP contribution in [0.1, 0.15) is 16.1 Å².